The molecule has 0 heterocycles. The van der Waals surface area contributed by atoms with E-state index in [1.165, 1.54) is 4.31 Å². The Morgan fingerprint density at radius 1 is 1.21 bits per heavy atom. The van der Waals surface area contributed by atoms with Gasteiger partial charge in [-0.25, -0.2) is 8.42 Å². The molecule has 0 aliphatic carbocycles. The lowest BCUT2D eigenvalue weighted by atomic mass is 10.3. The molecule has 1 N–H and O–H groups in total. The van der Waals surface area contributed by atoms with E-state index >= 15 is 0 Å². The van der Waals surface area contributed by atoms with Crippen molar-refractivity contribution >= 4 is 15.7 Å². The lowest BCUT2D eigenvalue weighted by molar-refractivity contribution is 0.180. The van der Waals surface area contributed by atoms with Gasteiger partial charge >= 0.3 is 0 Å². The maximum Gasteiger partial charge on any atom is 0.243 e. The van der Waals surface area contributed by atoms with Crippen molar-refractivity contribution in [3.05, 3.63) is 24.3 Å². The lowest BCUT2D eigenvalue weighted by Crippen LogP contribution is -2.33. The molecule has 0 aromatic heterocycles. The fourth-order valence-electron chi connectivity index (χ4n) is 1.74. The Hall–Kier alpha value is -1.11. The monoisotopic (exact) mass is 286 g/mol. The molecule has 19 heavy (non-hydrogen) atoms. The van der Waals surface area contributed by atoms with Crippen molar-refractivity contribution in [2.75, 3.05) is 38.7 Å². The number of sulfonamides is 1. The topological polar surface area (TPSA) is 58.6 Å². The summed E-state index contributed by atoms with van der Waals surface area (Å²) in [5.41, 5.74) is 0.918. The minimum absolute atomic E-state index is 0.312. The molecule has 108 valence electrons. The maximum atomic E-state index is 12.4. The molecule has 5 nitrogen and oxygen atoms in total. The summed E-state index contributed by atoms with van der Waals surface area (Å²) < 4.78 is 31.1. The van der Waals surface area contributed by atoms with E-state index in [1.807, 2.05) is 13.8 Å². The van der Waals surface area contributed by atoms with Crippen LogP contribution < -0.4 is 5.32 Å². The smallest absolute Gasteiger partial charge is 0.243 e. The largest absolute Gasteiger partial charge is 0.385 e. The Bertz CT molecular complexity index is 471. The zero-order chi connectivity index (χ0) is 14.3. The van der Waals surface area contributed by atoms with Crippen molar-refractivity contribution < 1.29 is 13.2 Å². The highest BCUT2D eigenvalue weighted by Crippen LogP contribution is 2.18. The van der Waals surface area contributed by atoms with E-state index < -0.39 is 10.0 Å². The van der Waals surface area contributed by atoms with Crippen LogP contribution in [-0.4, -0.2) is 46.1 Å². The Kier molecular flexibility index (Phi) is 6.27. The highest BCUT2D eigenvalue weighted by Gasteiger charge is 2.22. The first-order chi connectivity index (χ1) is 9.06. The van der Waals surface area contributed by atoms with Crippen molar-refractivity contribution in [1.82, 2.24) is 4.31 Å². The van der Waals surface area contributed by atoms with Gasteiger partial charge in [0.25, 0.3) is 0 Å². The lowest BCUT2D eigenvalue weighted by Gasteiger charge is -2.20. The van der Waals surface area contributed by atoms with Crippen LogP contribution >= 0.6 is 0 Å². The molecule has 0 aliphatic heterocycles. The number of likely N-dealkylation sites (N-methyl/N-ethyl adjacent to an activating group) is 1. The van der Waals surface area contributed by atoms with Crippen LogP contribution in [0.25, 0.3) is 0 Å². The Morgan fingerprint density at radius 2 is 1.84 bits per heavy atom. The number of nitrogens with one attached hydrogen (secondary N) is 1. The SMILES string of the molecule is CCNc1ccc(S(=O)(=O)N(CC)CCOC)cc1. The second-order valence-electron chi connectivity index (χ2n) is 4.04. The van der Waals surface area contributed by atoms with Gasteiger partial charge in [-0.1, -0.05) is 6.92 Å². The summed E-state index contributed by atoms with van der Waals surface area (Å²) in [5.74, 6) is 0. The Morgan fingerprint density at radius 3 is 2.32 bits per heavy atom. The van der Waals surface area contributed by atoms with Crippen molar-refractivity contribution in [3.8, 4) is 0 Å². The fourth-order valence-corrected chi connectivity index (χ4v) is 3.17. The number of methoxy groups -OCH3 is 1. The molecule has 6 heteroatoms. The average Bonchev–Trinajstić information content (AvgIpc) is 2.40. The molecule has 1 aromatic rings. The van der Waals surface area contributed by atoms with Crippen LogP contribution in [0.3, 0.4) is 0 Å². The molecule has 0 atom stereocenters. The van der Waals surface area contributed by atoms with Gasteiger partial charge in [0, 0.05) is 32.4 Å². The number of rotatable bonds is 8. The zero-order valence-electron chi connectivity index (χ0n) is 11.7. The van der Waals surface area contributed by atoms with E-state index in [1.54, 1.807) is 31.4 Å². The van der Waals surface area contributed by atoms with Gasteiger partial charge in [0.1, 0.15) is 0 Å². The first-order valence-electron chi connectivity index (χ1n) is 6.39. The molecular weight excluding hydrogens is 264 g/mol. The molecule has 0 radical (unpaired) electrons. The normalized spacial score (nSPS) is 11.8. The number of benzene rings is 1. The summed E-state index contributed by atoms with van der Waals surface area (Å²) in [7, 11) is -1.87. The van der Waals surface area contributed by atoms with Crippen molar-refractivity contribution in [3.63, 3.8) is 0 Å². The van der Waals surface area contributed by atoms with Gasteiger partial charge in [0.15, 0.2) is 0 Å². The van der Waals surface area contributed by atoms with E-state index in [0.29, 0.717) is 24.6 Å². The van der Waals surface area contributed by atoms with Crippen LogP contribution in [0.2, 0.25) is 0 Å². The first kappa shape index (κ1) is 15.9. The standard InChI is InChI=1S/C13H22N2O3S/c1-4-14-12-6-8-13(9-7-12)19(16,17)15(5-2)10-11-18-3/h6-9,14H,4-5,10-11H2,1-3H3. The van der Waals surface area contributed by atoms with E-state index in [-0.39, 0.29) is 0 Å². The van der Waals surface area contributed by atoms with Crippen LogP contribution in [0.5, 0.6) is 0 Å². The maximum absolute atomic E-state index is 12.4. The zero-order valence-corrected chi connectivity index (χ0v) is 12.5. The molecule has 0 spiro atoms. The molecule has 0 aliphatic rings. The molecule has 0 fully saturated rings. The molecule has 0 unspecified atom stereocenters. The van der Waals surface area contributed by atoms with E-state index in [0.717, 1.165) is 12.2 Å². The summed E-state index contributed by atoms with van der Waals surface area (Å²) >= 11 is 0. The predicted molar refractivity (Wildman–Crippen MR) is 76.9 cm³/mol. The number of nitrogens with zero attached hydrogens (tertiary/aromatic N) is 1. The summed E-state index contributed by atoms with van der Waals surface area (Å²) in [4.78, 5) is 0.312. The summed E-state index contributed by atoms with van der Waals surface area (Å²) in [6.45, 7) is 5.81. The molecule has 0 amide bonds. The second-order valence-corrected chi connectivity index (χ2v) is 5.98. The van der Waals surface area contributed by atoms with Crippen molar-refractivity contribution in [2.24, 2.45) is 0 Å². The Labute approximate surface area is 115 Å². The third-order valence-electron chi connectivity index (χ3n) is 2.77. The minimum Gasteiger partial charge on any atom is -0.385 e. The summed E-state index contributed by atoms with van der Waals surface area (Å²) in [6.07, 6.45) is 0. The van der Waals surface area contributed by atoms with E-state index in [2.05, 4.69) is 5.32 Å². The molecule has 0 saturated carbocycles. The summed E-state index contributed by atoms with van der Waals surface area (Å²) in [5, 5.41) is 3.14. The van der Waals surface area contributed by atoms with Gasteiger partial charge in [0.2, 0.25) is 10.0 Å². The van der Waals surface area contributed by atoms with Gasteiger partial charge in [0.05, 0.1) is 11.5 Å². The minimum atomic E-state index is -3.43. The molecule has 1 rings (SSSR count). The van der Waals surface area contributed by atoms with Gasteiger partial charge < -0.3 is 10.1 Å². The quantitative estimate of drug-likeness (QED) is 0.791. The third-order valence-corrected chi connectivity index (χ3v) is 4.76. The van der Waals surface area contributed by atoms with Gasteiger partial charge in [-0.3, -0.25) is 0 Å². The van der Waals surface area contributed by atoms with Gasteiger partial charge in [-0.05, 0) is 31.2 Å². The van der Waals surface area contributed by atoms with Crippen molar-refractivity contribution in [1.29, 1.82) is 0 Å². The predicted octanol–water partition coefficient (Wildman–Crippen LogP) is 1.78. The number of ether oxygens (including phenoxy) is 1. The Balaban J connectivity index is 2.91. The molecule has 0 bridgehead atoms. The highest BCUT2D eigenvalue weighted by atomic mass is 32.2. The average molecular weight is 286 g/mol. The number of hydrogen-bond donors (Lipinski definition) is 1. The van der Waals surface area contributed by atoms with Gasteiger partial charge in [-0.2, -0.15) is 4.31 Å². The highest BCUT2D eigenvalue weighted by molar-refractivity contribution is 7.89. The number of anilines is 1. The van der Waals surface area contributed by atoms with Crippen LogP contribution in [0, 0.1) is 0 Å². The van der Waals surface area contributed by atoms with Crippen LogP contribution in [0.15, 0.2) is 29.2 Å². The number of hydrogen-bond acceptors (Lipinski definition) is 4. The first-order valence-corrected chi connectivity index (χ1v) is 7.83. The van der Waals surface area contributed by atoms with Gasteiger partial charge in [-0.15, -0.1) is 0 Å². The molecule has 0 saturated heterocycles. The van der Waals surface area contributed by atoms with Crippen molar-refractivity contribution in [2.45, 2.75) is 18.7 Å². The van der Waals surface area contributed by atoms with E-state index in [9.17, 15) is 8.42 Å². The van der Waals surface area contributed by atoms with Crippen LogP contribution in [0.1, 0.15) is 13.8 Å². The van der Waals surface area contributed by atoms with Crippen LogP contribution in [0.4, 0.5) is 5.69 Å². The molecule has 1 aromatic carbocycles. The van der Waals surface area contributed by atoms with E-state index in [4.69, 9.17) is 4.74 Å². The third kappa shape index (κ3) is 4.19. The molecular formula is C13H22N2O3S. The van der Waals surface area contributed by atoms with Crippen LogP contribution in [-0.2, 0) is 14.8 Å². The summed E-state index contributed by atoms with van der Waals surface area (Å²) in [6, 6.07) is 6.81. The fraction of sp³-hybridized carbons (Fsp3) is 0.538. The second kappa shape index (κ2) is 7.47.